The Bertz CT molecular complexity index is 832. The predicted octanol–water partition coefficient (Wildman–Crippen LogP) is 2.84. The van der Waals surface area contributed by atoms with Gasteiger partial charge >= 0.3 is 0 Å². The molecule has 7 heteroatoms. The topological polar surface area (TPSA) is 65.5 Å². The van der Waals surface area contributed by atoms with Crippen molar-refractivity contribution in [3.8, 4) is 0 Å². The van der Waals surface area contributed by atoms with Crippen LogP contribution in [-0.4, -0.2) is 62.4 Å². The molecule has 1 saturated heterocycles. The number of nitrogens with zero attached hydrogens (tertiary/aromatic N) is 3. The molecule has 1 atom stereocenters. The fourth-order valence-electron chi connectivity index (χ4n) is 3.44. The molecule has 1 aromatic heterocycles. The van der Waals surface area contributed by atoms with Crippen molar-refractivity contribution < 1.29 is 8.42 Å². The van der Waals surface area contributed by atoms with Gasteiger partial charge in [-0.2, -0.15) is 4.31 Å². The van der Waals surface area contributed by atoms with E-state index in [-0.39, 0.29) is 4.90 Å². The van der Waals surface area contributed by atoms with Crippen LogP contribution in [0.3, 0.4) is 0 Å². The van der Waals surface area contributed by atoms with E-state index in [1.54, 1.807) is 16.4 Å². The highest BCUT2D eigenvalue weighted by Gasteiger charge is 2.26. The van der Waals surface area contributed by atoms with Crippen LogP contribution in [0.5, 0.6) is 0 Å². The van der Waals surface area contributed by atoms with Crippen molar-refractivity contribution in [2.75, 3.05) is 39.0 Å². The monoisotopic (exact) mass is 402 g/mol. The van der Waals surface area contributed by atoms with E-state index < -0.39 is 10.0 Å². The smallest absolute Gasteiger partial charge is 0.244 e. The second-order valence-corrected chi connectivity index (χ2v) is 9.47. The number of pyridine rings is 1. The summed E-state index contributed by atoms with van der Waals surface area (Å²) in [6, 6.07) is 14.1. The van der Waals surface area contributed by atoms with Gasteiger partial charge in [-0.05, 0) is 51.1 Å². The van der Waals surface area contributed by atoms with Crippen molar-refractivity contribution in [2.45, 2.75) is 36.6 Å². The molecule has 0 bridgehead atoms. The van der Waals surface area contributed by atoms with Gasteiger partial charge in [-0.15, -0.1) is 0 Å². The second kappa shape index (κ2) is 9.49. The minimum Gasteiger partial charge on any atom is -0.368 e. The lowest BCUT2D eigenvalue weighted by atomic mass is 10.1. The normalized spacial score (nSPS) is 16.8. The maximum atomic E-state index is 12.7. The van der Waals surface area contributed by atoms with Crippen molar-refractivity contribution in [1.29, 1.82) is 0 Å². The van der Waals surface area contributed by atoms with E-state index in [9.17, 15) is 8.42 Å². The third-order valence-electron chi connectivity index (χ3n) is 5.25. The first-order valence-corrected chi connectivity index (χ1v) is 11.3. The summed E-state index contributed by atoms with van der Waals surface area (Å²) in [5.41, 5.74) is 1.29. The molecule has 3 rings (SSSR count). The van der Waals surface area contributed by atoms with Gasteiger partial charge < -0.3 is 10.2 Å². The largest absolute Gasteiger partial charge is 0.368 e. The minimum atomic E-state index is -3.43. The summed E-state index contributed by atoms with van der Waals surface area (Å²) < 4.78 is 27.0. The number of aromatic nitrogens is 1. The van der Waals surface area contributed by atoms with Gasteiger partial charge in [0.1, 0.15) is 10.7 Å². The van der Waals surface area contributed by atoms with Gasteiger partial charge in [-0.3, -0.25) is 0 Å². The molecule has 1 unspecified atom stereocenters. The second-order valence-electron chi connectivity index (χ2n) is 7.53. The lowest BCUT2D eigenvalue weighted by Gasteiger charge is -2.26. The maximum Gasteiger partial charge on any atom is 0.244 e. The Morgan fingerprint density at radius 3 is 2.39 bits per heavy atom. The number of piperidine rings is 1. The lowest BCUT2D eigenvalue weighted by molar-refractivity contribution is 0.303. The summed E-state index contributed by atoms with van der Waals surface area (Å²) in [6.07, 6.45) is 5.36. The fraction of sp³-hybridized carbons (Fsp3) is 0.476. The van der Waals surface area contributed by atoms with E-state index in [1.807, 2.05) is 6.07 Å². The summed E-state index contributed by atoms with van der Waals surface area (Å²) in [6.45, 7) is 1.94. The van der Waals surface area contributed by atoms with Crippen LogP contribution in [0.4, 0.5) is 5.82 Å². The Kier molecular flexibility index (Phi) is 7.04. The van der Waals surface area contributed by atoms with E-state index in [2.05, 4.69) is 53.6 Å². The summed E-state index contributed by atoms with van der Waals surface area (Å²) in [5.74, 6) is 0.692. The van der Waals surface area contributed by atoms with Crippen molar-refractivity contribution >= 4 is 15.8 Å². The highest BCUT2D eigenvalue weighted by molar-refractivity contribution is 7.89. The molecule has 0 amide bonds. The van der Waals surface area contributed by atoms with Crippen LogP contribution < -0.4 is 5.32 Å². The first kappa shape index (κ1) is 20.8. The first-order chi connectivity index (χ1) is 13.5. The Morgan fingerprint density at radius 1 is 1.07 bits per heavy atom. The van der Waals surface area contributed by atoms with Gasteiger partial charge in [-0.1, -0.05) is 36.8 Å². The Hall–Kier alpha value is -1.96. The van der Waals surface area contributed by atoms with Crippen LogP contribution in [-0.2, 0) is 16.4 Å². The van der Waals surface area contributed by atoms with Crippen molar-refractivity contribution in [1.82, 2.24) is 14.2 Å². The molecule has 1 N–H and O–H groups in total. The molecular formula is C21H30N4O2S. The molecule has 0 saturated carbocycles. The van der Waals surface area contributed by atoms with Crippen molar-refractivity contribution in [2.24, 2.45) is 0 Å². The number of rotatable bonds is 8. The summed E-state index contributed by atoms with van der Waals surface area (Å²) >= 11 is 0. The van der Waals surface area contributed by atoms with Gasteiger partial charge in [0.15, 0.2) is 0 Å². The Labute approximate surface area is 168 Å². The molecule has 0 spiro atoms. The van der Waals surface area contributed by atoms with E-state index in [1.165, 1.54) is 11.8 Å². The molecule has 1 aliphatic heterocycles. The Balaban J connectivity index is 1.61. The summed E-state index contributed by atoms with van der Waals surface area (Å²) in [5, 5.41) is 3.34. The van der Waals surface area contributed by atoms with Gasteiger partial charge in [0, 0.05) is 31.9 Å². The molecule has 1 fully saturated rings. The number of hydrogen-bond acceptors (Lipinski definition) is 5. The zero-order valence-electron chi connectivity index (χ0n) is 16.7. The molecule has 0 aliphatic carbocycles. The fourth-order valence-corrected chi connectivity index (χ4v) is 4.90. The van der Waals surface area contributed by atoms with Crippen LogP contribution in [0, 0.1) is 0 Å². The van der Waals surface area contributed by atoms with Crippen LogP contribution in [0.15, 0.2) is 53.6 Å². The van der Waals surface area contributed by atoms with Crippen molar-refractivity contribution in [3.05, 3.63) is 54.2 Å². The number of hydrogen-bond donors (Lipinski definition) is 1. The third-order valence-corrected chi connectivity index (χ3v) is 7.13. The van der Waals surface area contributed by atoms with Crippen LogP contribution in [0.1, 0.15) is 24.8 Å². The van der Waals surface area contributed by atoms with Gasteiger partial charge in [0.25, 0.3) is 0 Å². The Morgan fingerprint density at radius 2 is 1.79 bits per heavy atom. The highest BCUT2D eigenvalue weighted by atomic mass is 32.2. The standard InChI is InChI=1S/C21H30N4O2S/c1-24(2)19(15-18-9-5-3-6-10-18)16-22-21-12-11-20(17-23-21)28(26,27)25-13-7-4-8-14-25/h3,5-6,9-12,17,19H,4,7-8,13-16H2,1-2H3,(H,22,23). The summed E-state index contributed by atoms with van der Waals surface area (Å²) in [4.78, 5) is 6.80. The number of nitrogens with one attached hydrogen (secondary N) is 1. The van der Waals surface area contributed by atoms with Gasteiger partial charge in [0.05, 0.1) is 0 Å². The maximum absolute atomic E-state index is 12.7. The quantitative estimate of drug-likeness (QED) is 0.736. The lowest BCUT2D eigenvalue weighted by Crippen LogP contribution is -2.36. The first-order valence-electron chi connectivity index (χ1n) is 9.87. The predicted molar refractivity (Wildman–Crippen MR) is 113 cm³/mol. The van der Waals surface area contributed by atoms with Crippen molar-refractivity contribution in [3.63, 3.8) is 0 Å². The molecular weight excluding hydrogens is 372 g/mol. The van der Waals surface area contributed by atoms with Crippen LogP contribution >= 0.6 is 0 Å². The molecule has 6 nitrogen and oxygen atoms in total. The third kappa shape index (κ3) is 5.31. The SMILES string of the molecule is CN(C)C(CNc1ccc(S(=O)(=O)N2CCCCC2)cn1)Cc1ccccc1. The molecule has 2 aromatic rings. The van der Waals surface area contributed by atoms with Gasteiger partial charge in [-0.25, -0.2) is 13.4 Å². The number of benzene rings is 1. The highest BCUT2D eigenvalue weighted by Crippen LogP contribution is 2.20. The molecule has 28 heavy (non-hydrogen) atoms. The van der Waals surface area contributed by atoms with Gasteiger partial charge in [0.2, 0.25) is 10.0 Å². The average molecular weight is 403 g/mol. The summed E-state index contributed by atoms with van der Waals surface area (Å²) in [7, 11) is 0.704. The number of sulfonamides is 1. The molecule has 1 aliphatic rings. The average Bonchev–Trinajstić information content (AvgIpc) is 2.72. The molecule has 0 radical (unpaired) electrons. The molecule has 1 aromatic carbocycles. The zero-order valence-corrected chi connectivity index (χ0v) is 17.5. The van der Waals surface area contributed by atoms with E-state index in [0.29, 0.717) is 24.9 Å². The number of anilines is 1. The molecule has 152 valence electrons. The zero-order chi connectivity index (χ0) is 20.0. The van der Waals surface area contributed by atoms with Crippen LogP contribution in [0.25, 0.3) is 0 Å². The minimum absolute atomic E-state index is 0.272. The number of likely N-dealkylation sites (N-methyl/N-ethyl adjacent to an activating group) is 1. The molecule has 2 heterocycles. The van der Waals surface area contributed by atoms with E-state index >= 15 is 0 Å². The van der Waals surface area contributed by atoms with E-state index in [4.69, 9.17) is 0 Å². The van der Waals surface area contributed by atoms with E-state index in [0.717, 1.165) is 32.2 Å². The van der Waals surface area contributed by atoms with Crippen LogP contribution in [0.2, 0.25) is 0 Å².